The molecule has 1 fully saturated rings. The van der Waals surface area contributed by atoms with E-state index in [1.54, 1.807) is 0 Å². The molecule has 0 bridgehead atoms. The second-order valence-electron chi connectivity index (χ2n) is 10.1. The third-order valence-corrected chi connectivity index (χ3v) is 7.08. The van der Waals surface area contributed by atoms with Crippen molar-refractivity contribution in [3.63, 3.8) is 0 Å². The van der Waals surface area contributed by atoms with Crippen LogP contribution in [0.5, 0.6) is 0 Å². The van der Waals surface area contributed by atoms with Crippen molar-refractivity contribution in [3.05, 3.63) is 155 Å². The minimum atomic E-state index is -0.449. The maximum atomic E-state index is 6.67. The van der Waals surface area contributed by atoms with Gasteiger partial charge in [-0.1, -0.05) is 121 Å². The Labute approximate surface area is 243 Å². The van der Waals surface area contributed by atoms with Crippen molar-refractivity contribution < 1.29 is 23.7 Å². The van der Waals surface area contributed by atoms with Crippen LogP contribution in [0.4, 0.5) is 0 Å². The van der Waals surface area contributed by atoms with E-state index in [1.165, 1.54) is 0 Å². The minimum Gasteiger partial charge on any atom is -0.487 e. The summed E-state index contributed by atoms with van der Waals surface area (Å²) in [5.41, 5.74) is 4.36. The van der Waals surface area contributed by atoms with E-state index in [0.29, 0.717) is 33.0 Å². The van der Waals surface area contributed by atoms with Gasteiger partial charge in [0.2, 0.25) is 0 Å². The molecule has 0 aromatic heterocycles. The zero-order chi connectivity index (χ0) is 28.1. The number of hydrogen-bond donors (Lipinski definition) is 0. The first-order valence-corrected chi connectivity index (χ1v) is 14.2. The molecular formula is C36H38O5. The summed E-state index contributed by atoms with van der Waals surface area (Å²) >= 11 is 0. The van der Waals surface area contributed by atoms with Gasteiger partial charge in [0.25, 0.3) is 0 Å². The first kappa shape index (κ1) is 28.8. The van der Waals surface area contributed by atoms with Crippen LogP contribution in [0.25, 0.3) is 0 Å². The molecule has 1 aliphatic heterocycles. The van der Waals surface area contributed by atoms with Crippen LogP contribution in [0, 0.1) is 0 Å². The summed E-state index contributed by atoms with van der Waals surface area (Å²) in [6.07, 6.45) is 0.277. The van der Waals surface area contributed by atoms with Gasteiger partial charge in [-0.25, -0.2) is 0 Å². The summed E-state index contributed by atoms with van der Waals surface area (Å²) in [7, 11) is 0. The highest BCUT2D eigenvalue weighted by atomic mass is 16.6. The molecule has 0 N–H and O–H groups in total. The van der Waals surface area contributed by atoms with Crippen LogP contribution in [0.3, 0.4) is 0 Å². The summed E-state index contributed by atoms with van der Waals surface area (Å²) in [5.74, 6) is 0.729. The second-order valence-corrected chi connectivity index (χ2v) is 10.1. The molecule has 0 radical (unpaired) electrons. The highest BCUT2D eigenvalue weighted by molar-refractivity contribution is 5.18. The number of benzene rings is 4. The molecule has 0 aliphatic carbocycles. The van der Waals surface area contributed by atoms with Gasteiger partial charge in [0, 0.05) is 0 Å². The van der Waals surface area contributed by atoms with Gasteiger partial charge in [-0.3, -0.25) is 0 Å². The van der Waals surface area contributed by atoms with Gasteiger partial charge in [-0.05, 0) is 35.3 Å². The molecule has 212 valence electrons. The smallest absolute Gasteiger partial charge is 0.150 e. The number of ether oxygens (including phenoxy) is 5. The first-order valence-electron chi connectivity index (χ1n) is 14.2. The lowest BCUT2D eigenvalue weighted by Gasteiger charge is -2.43. The highest BCUT2D eigenvalue weighted by Crippen LogP contribution is 2.33. The molecule has 5 heteroatoms. The van der Waals surface area contributed by atoms with Crippen molar-refractivity contribution in [1.29, 1.82) is 0 Å². The van der Waals surface area contributed by atoms with Crippen LogP contribution in [-0.2, 0) is 50.1 Å². The average Bonchev–Trinajstić information content (AvgIpc) is 3.04. The Hall–Kier alpha value is -3.74. The van der Waals surface area contributed by atoms with E-state index in [-0.39, 0.29) is 6.10 Å². The van der Waals surface area contributed by atoms with Crippen LogP contribution >= 0.6 is 0 Å². The molecule has 0 amide bonds. The van der Waals surface area contributed by atoms with E-state index in [4.69, 9.17) is 23.7 Å². The molecule has 5 rings (SSSR count). The summed E-state index contributed by atoms with van der Waals surface area (Å²) in [6.45, 7) is 4.08. The molecule has 4 aromatic carbocycles. The highest BCUT2D eigenvalue weighted by Gasteiger charge is 2.46. The number of rotatable bonds is 13. The second kappa shape index (κ2) is 15.3. The number of hydrogen-bond acceptors (Lipinski definition) is 5. The fraction of sp³-hybridized carbons (Fsp3) is 0.278. The fourth-order valence-electron chi connectivity index (χ4n) is 4.94. The molecule has 4 atom stereocenters. The van der Waals surface area contributed by atoms with Gasteiger partial charge in [0.15, 0.2) is 6.10 Å². The lowest BCUT2D eigenvalue weighted by atomic mass is 9.96. The molecule has 1 saturated heterocycles. The summed E-state index contributed by atoms with van der Waals surface area (Å²) < 4.78 is 32.6. The summed E-state index contributed by atoms with van der Waals surface area (Å²) in [5, 5.41) is 0. The predicted octanol–water partition coefficient (Wildman–Crippen LogP) is 7.26. The normalized spacial score (nSPS) is 21.4. The molecule has 0 spiro atoms. The Kier molecular flexibility index (Phi) is 10.7. The van der Waals surface area contributed by atoms with Gasteiger partial charge in [-0.15, -0.1) is 0 Å². The molecule has 0 saturated carbocycles. The topological polar surface area (TPSA) is 46.2 Å². The minimum absolute atomic E-state index is 0.349. The van der Waals surface area contributed by atoms with E-state index in [9.17, 15) is 0 Å². The lowest BCUT2D eigenvalue weighted by Crippen LogP contribution is -2.56. The Balaban J connectivity index is 1.39. The fourth-order valence-corrected chi connectivity index (χ4v) is 4.94. The monoisotopic (exact) mass is 550 g/mol. The Bertz CT molecular complexity index is 1310. The van der Waals surface area contributed by atoms with E-state index >= 15 is 0 Å². The van der Waals surface area contributed by atoms with E-state index in [0.717, 1.165) is 28.0 Å². The van der Waals surface area contributed by atoms with E-state index in [1.807, 2.05) is 85.8 Å². The molecular weight excluding hydrogens is 512 g/mol. The Morgan fingerprint density at radius 2 is 0.951 bits per heavy atom. The zero-order valence-corrected chi connectivity index (χ0v) is 23.5. The van der Waals surface area contributed by atoms with Gasteiger partial charge in [-0.2, -0.15) is 0 Å². The largest absolute Gasteiger partial charge is 0.487 e. The summed E-state index contributed by atoms with van der Waals surface area (Å²) in [6, 6.07) is 40.6. The molecule has 1 heterocycles. The molecule has 1 aliphatic rings. The third-order valence-electron chi connectivity index (χ3n) is 7.08. The maximum Gasteiger partial charge on any atom is 0.150 e. The van der Waals surface area contributed by atoms with E-state index in [2.05, 4.69) is 48.5 Å². The molecule has 41 heavy (non-hydrogen) atoms. The summed E-state index contributed by atoms with van der Waals surface area (Å²) in [4.78, 5) is 0. The van der Waals surface area contributed by atoms with Crippen LogP contribution in [0.1, 0.15) is 29.2 Å². The molecule has 0 unspecified atom stereocenters. The molecule has 5 nitrogen and oxygen atoms in total. The SMILES string of the molecule is C/C=C1\O[C@H](COCc2ccccc2)[C@@H](OCc2ccccc2)[C@H](OCc2ccccc2)[C@H]1OCc1ccccc1. The van der Waals surface area contributed by atoms with Crippen molar-refractivity contribution in [2.45, 2.75) is 57.8 Å². The standard InChI is InChI=1S/C36H38O5/c1-2-32-34(38-24-29-17-9-4-10-18-29)36(40-26-31-21-13-6-14-22-31)35(39-25-30-19-11-5-12-20-30)33(41-32)27-37-23-28-15-7-3-8-16-28/h2-22,33-36H,23-27H2,1H3/b32-2-/t33-,34+,35-,36-/m1/s1. The molecule has 4 aromatic rings. The maximum absolute atomic E-state index is 6.67. The Morgan fingerprint density at radius 3 is 1.41 bits per heavy atom. The lowest BCUT2D eigenvalue weighted by molar-refractivity contribution is -0.223. The van der Waals surface area contributed by atoms with Gasteiger partial charge in [0.1, 0.15) is 24.1 Å². The quantitative estimate of drug-likeness (QED) is 0.175. The van der Waals surface area contributed by atoms with E-state index < -0.39 is 18.3 Å². The van der Waals surface area contributed by atoms with Gasteiger partial charge >= 0.3 is 0 Å². The first-order chi connectivity index (χ1) is 20.3. The van der Waals surface area contributed by atoms with Crippen LogP contribution < -0.4 is 0 Å². The van der Waals surface area contributed by atoms with Crippen molar-refractivity contribution in [2.75, 3.05) is 6.61 Å². The van der Waals surface area contributed by atoms with Crippen molar-refractivity contribution in [2.24, 2.45) is 0 Å². The third kappa shape index (κ3) is 8.38. The Morgan fingerprint density at radius 1 is 0.537 bits per heavy atom. The van der Waals surface area contributed by atoms with Crippen LogP contribution in [-0.4, -0.2) is 31.0 Å². The van der Waals surface area contributed by atoms with Gasteiger partial charge < -0.3 is 23.7 Å². The average molecular weight is 551 g/mol. The van der Waals surface area contributed by atoms with Gasteiger partial charge in [0.05, 0.1) is 33.0 Å². The van der Waals surface area contributed by atoms with Crippen LogP contribution in [0.2, 0.25) is 0 Å². The van der Waals surface area contributed by atoms with Crippen molar-refractivity contribution in [1.82, 2.24) is 0 Å². The van der Waals surface area contributed by atoms with Crippen molar-refractivity contribution >= 4 is 0 Å². The van der Waals surface area contributed by atoms with Crippen LogP contribution in [0.15, 0.2) is 133 Å². The van der Waals surface area contributed by atoms with Crippen molar-refractivity contribution in [3.8, 4) is 0 Å². The number of allylic oxidation sites excluding steroid dienone is 1. The zero-order valence-electron chi connectivity index (χ0n) is 23.5. The predicted molar refractivity (Wildman–Crippen MR) is 160 cm³/mol.